The maximum Gasteiger partial charge on any atom is 0.306 e. The topological polar surface area (TPSA) is 128 Å². The summed E-state index contributed by atoms with van der Waals surface area (Å²) in [4.78, 5) is 41.3. The molecule has 0 aromatic heterocycles. The lowest BCUT2D eigenvalue weighted by Gasteiger charge is -2.23. The summed E-state index contributed by atoms with van der Waals surface area (Å²) in [6, 6.07) is -0.628. The Morgan fingerprint density at radius 3 is 1.63 bits per heavy atom. The molecule has 2 unspecified atom stereocenters. The quantitative estimate of drug-likeness (QED) is 0.0362. The SMILES string of the molecule is CCCCCCCCCCCCOC(=O)CCSCCC(NC(=O)C(CCCCCC)CCCCCCCC)C(=O)NCCCN(CCO)CCO. The van der Waals surface area contributed by atoms with Gasteiger partial charge in [0.1, 0.15) is 6.04 Å². The number of carbonyl (C=O) groups excluding carboxylic acids is 3. The smallest absolute Gasteiger partial charge is 0.306 e. The molecule has 0 saturated carbocycles. The predicted octanol–water partition coefficient (Wildman–Crippen LogP) is 8.58. The molecule has 10 heteroatoms. The molecule has 0 spiro atoms. The van der Waals surface area contributed by atoms with Gasteiger partial charge in [0.25, 0.3) is 0 Å². The molecule has 0 bridgehead atoms. The molecule has 0 radical (unpaired) electrons. The number of amides is 2. The maximum absolute atomic E-state index is 13.7. The minimum absolute atomic E-state index is 0.0113. The number of nitrogens with one attached hydrogen (secondary N) is 2. The first kappa shape index (κ1) is 50.6. The molecule has 9 nitrogen and oxygen atoms in total. The Hall–Kier alpha value is -1.36. The van der Waals surface area contributed by atoms with Gasteiger partial charge in [-0.15, -0.1) is 0 Å². The highest BCUT2D eigenvalue weighted by Crippen LogP contribution is 2.20. The van der Waals surface area contributed by atoms with Crippen molar-refractivity contribution in [3.8, 4) is 0 Å². The van der Waals surface area contributed by atoms with E-state index in [1.165, 1.54) is 83.5 Å². The molecule has 0 aromatic carbocycles. The Morgan fingerprint density at radius 2 is 1.10 bits per heavy atom. The van der Waals surface area contributed by atoms with Gasteiger partial charge in [-0.1, -0.05) is 143 Å². The molecular formula is C42H83N3O6S. The fourth-order valence-corrected chi connectivity index (χ4v) is 7.43. The minimum Gasteiger partial charge on any atom is -0.466 e. The number of esters is 1. The molecule has 0 saturated heterocycles. The Kier molecular flexibility index (Phi) is 38.3. The minimum atomic E-state index is -0.628. The first-order valence-corrected chi connectivity index (χ1v) is 22.8. The summed E-state index contributed by atoms with van der Waals surface area (Å²) in [5.41, 5.74) is 0. The van der Waals surface area contributed by atoms with Crippen molar-refractivity contribution in [2.24, 2.45) is 5.92 Å². The number of unbranched alkanes of at least 4 members (excludes halogenated alkanes) is 17. The highest BCUT2D eigenvalue weighted by Gasteiger charge is 2.25. The molecule has 308 valence electrons. The van der Waals surface area contributed by atoms with Gasteiger partial charge >= 0.3 is 5.97 Å². The normalized spacial score (nSPS) is 12.6. The second-order valence-corrected chi connectivity index (χ2v) is 15.9. The number of aliphatic hydroxyl groups is 2. The van der Waals surface area contributed by atoms with Crippen LogP contribution in [0.25, 0.3) is 0 Å². The molecule has 52 heavy (non-hydrogen) atoms. The summed E-state index contributed by atoms with van der Waals surface area (Å²) < 4.78 is 5.46. The van der Waals surface area contributed by atoms with Crippen molar-refractivity contribution in [3.05, 3.63) is 0 Å². The van der Waals surface area contributed by atoms with E-state index in [0.717, 1.165) is 57.8 Å². The maximum atomic E-state index is 13.7. The average Bonchev–Trinajstić information content (AvgIpc) is 3.13. The standard InChI is InChI=1S/C42H83N3O6S/c1-4-7-10-13-15-16-17-18-20-23-35-51-40(48)28-37-52-36-27-39(42(50)43-29-24-30-45(31-33-46)32-34-47)44-41(49)38(25-21-12-9-6-3)26-22-19-14-11-8-5-2/h38-39,46-47H,4-37H2,1-3H3,(H,43,50)(H,44,49). The fraction of sp³-hybridized carbons (Fsp3) is 0.929. The second-order valence-electron chi connectivity index (χ2n) is 14.7. The fourth-order valence-electron chi connectivity index (χ4n) is 6.52. The van der Waals surface area contributed by atoms with E-state index in [4.69, 9.17) is 4.74 Å². The summed E-state index contributed by atoms with van der Waals surface area (Å²) in [6.07, 6.45) is 27.3. The molecule has 0 aliphatic carbocycles. The number of nitrogens with zero attached hydrogens (tertiary/aromatic N) is 1. The lowest BCUT2D eigenvalue weighted by atomic mass is 9.93. The number of hydrogen-bond acceptors (Lipinski definition) is 8. The van der Waals surface area contributed by atoms with Gasteiger partial charge in [-0.05, 0) is 44.4 Å². The third-order valence-corrected chi connectivity index (χ3v) is 10.9. The van der Waals surface area contributed by atoms with Crippen LogP contribution in [0.1, 0.15) is 181 Å². The van der Waals surface area contributed by atoms with E-state index in [2.05, 4.69) is 31.4 Å². The van der Waals surface area contributed by atoms with Crippen LogP contribution >= 0.6 is 11.8 Å². The molecule has 0 fully saturated rings. The molecule has 0 aliphatic rings. The van der Waals surface area contributed by atoms with Crippen LogP contribution in [0, 0.1) is 5.92 Å². The van der Waals surface area contributed by atoms with Crippen LogP contribution in [-0.2, 0) is 19.1 Å². The van der Waals surface area contributed by atoms with Crippen LogP contribution in [0.2, 0.25) is 0 Å². The number of thioether (sulfide) groups is 1. The Morgan fingerprint density at radius 1 is 0.596 bits per heavy atom. The summed E-state index contributed by atoms with van der Waals surface area (Å²) in [5, 5.41) is 24.7. The highest BCUT2D eigenvalue weighted by molar-refractivity contribution is 7.99. The van der Waals surface area contributed by atoms with E-state index >= 15 is 0 Å². The summed E-state index contributed by atoms with van der Waals surface area (Å²) in [6.45, 7) is 9.27. The van der Waals surface area contributed by atoms with Gasteiger partial charge in [-0.3, -0.25) is 19.3 Å². The zero-order valence-electron chi connectivity index (χ0n) is 34.1. The first-order chi connectivity index (χ1) is 25.4. The van der Waals surface area contributed by atoms with E-state index in [1.54, 1.807) is 11.8 Å². The molecule has 0 heterocycles. The van der Waals surface area contributed by atoms with Gasteiger partial charge < -0.3 is 25.6 Å². The van der Waals surface area contributed by atoms with Gasteiger partial charge in [0, 0.05) is 31.3 Å². The van der Waals surface area contributed by atoms with Crippen LogP contribution in [0.15, 0.2) is 0 Å². The van der Waals surface area contributed by atoms with Crippen molar-refractivity contribution >= 4 is 29.5 Å². The molecule has 0 rings (SSSR count). The first-order valence-electron chi connectivity index (χ1n) is 21.7. The van der Waals surface area contributed by atoms with E-state index in [9.17, 15) is 24.6 Å². The summed E-state index contributed by atoms with van der Waals surface area (Å²) in [7, 11) is 0. The van der Waals surface area contributed by atoms with Crippen molar-refractivity contribution in [2.75, 3.05) is 57.5 Å². The van der Waals surface area contributed by atoms with Gasteiger partial charge in [0.15, 0.2) is 0 Å². The largest absolute Gasteiger partial charge is 0.466 e. The van der Waals surface area contributed by atoms with Crippen molar-refractivity contribution < 1.29 is 29.3 Å². The van der Waals surface area contributed by atoms with Crippen LogP contribution in [0.5, 0.6) is 0 Å². The zero-order chi connectivity index (χ0) is 38.3. The van der Waals surface area contributed by atoms with Gasteiger partial charge in [0.2, 0.25) is 11.8 Å². The summed E-state index contributed by atoms with van der Waals surface area (Å²) >= 11 is 1.62. The third kappa shape index (κ3) is 32.1. The second kappa shape index (κ2) is 39.3. The van der Waals surface area contributed by atoms with Crippen LogP contribution in [0.4, 0.5) is 0 Å². The van der Waals surface area contributed by atoms with E-state index in [-0.39, 0.29) is 36.9 Å². The molecule has 2 atom stereocenters. The molecule has 0 aliphatic heterocycles. The average molecular weight is 758 g/mol. The number of hydrogen-bond donors (Lipinski definition) is 4. The summed E-state index contributed by atoms with van der Waals surface area (Å²) in [5.74, 6) is 0.851. The Balaban J connectivity index is 4.87. The van der Waals surface area contributed by atoms with E-state index < -0.39 is 6.04 Å². The Bertz CT molecular complexity index is 815. The monoisotopic (exact) mass is 758 g/mol. The van der Waals surface area contributed by atoms with E-state index in [1.807, 2.05) is 4.90 Å². The Labute approximate surface area is 324 Å². The lowest BCUT2D eigenvalue weighted by Crippen LogP contribution is -2.49. The van der Waals surface area contributed by atoms with Gasteiger partial charge in [0.05, 0.1) is 26.2 Å². The molecule has 4 N–H and O–H groups in total. The van der Waals surface area contributed by atoms with Crippen LogP contribution < -0.4 is 10.6 Å². The van der Waals surface area contributed by atoms with Crippen LogP contribution in [0.3, 0.4) is 0 Å². The zero-order valence-corrected chi connectivity index (χ0v) is 34.9. The van der Waals surface area contributed by atoms with Gasteiger partial charge in [-0.25, -0.2) is 0 Å². The van der Waals surface area contributed by atoms with Crippen molar-refractivity contribution in [1.29, 1.82) is 0 Å². The molecular weight excluding hydrogens is 675 g/mol. The number of ether oxygens (including phenoxy) is 1. The molecule has 2 amide bonds. The highest BCUT2D eigenvalue weighted by atomic mass is 32.2. The number of carbonyl (C=O) groups is 3. The van der Waals surface area contributed by atoms with E-state index in [0.29, 0.717) is 63.6 Å². The van der Waals surface area contributed by atoms with Crippen LogP contribution in [-0.4, -0.2) is 96.4 Å². The predicted molar refractivity (Wildman–Crippen MR) is 220 cm³/mol. The third-order valence-electron chi connectivity index (χ3n) is 9.86. The van der Waals surface area contributed by atoms with Crippen molar-refractivity contribution in [2.45, 2.75) is 187 Å². The lowest BCUT2D eigenvalue weighted by molar-refractivity contribution is -0.143. The van der Waals surface area contributed by atoms with Crippen molar-refractivity contribution in [3.63, 3.8) is 0 Å². The molecule has 0 aromatic rings. The van der Waals surface area contributed by atoms with Gasteiger partial charge in [-0.2, -0.15) is 11.8 Å². The van der Waals surface area contributed by atoms with Crippen molar-refractivity contribution in [1.82, 2.24) is 15.5 Å². The number of rotatable bonds is 40. The number of aliphatic hydroxyl groups excluding tert-OH is 2.